The molecule has 0 atom stereocenters. The molecule has 0 saturated carbocycles. The van der Waals surface area contributed by atoms with Crippen molar-refractivity contribution in [1.29, 1.82) is 0 Å². The van der Waals surface area contributed by atoms with E-state index < -0.39 is 0 Å². The Hall–Kier alpha value is -3.35. The van der Waals surface area contributed by atoms with Crippen molar-refractivity contribution in [2.45, 2.75) is 58.9 Å². The van der Waals surface area contributed by atoms with E-state index in [9.17, 15) is 0 Å². The number of hydrogen-bond donors (Lipinski definition) is 1. The van der Waals surface area contributed by atoms with Crippen molar-refractivity contribution in [2.75, 3.05) is 13.2 Å². The van der Waals surface area contributed by atoms with Crippen LogP contribution in [-0.2, 0) is 13.0 Å². The molecular weight excluding hydrogens is 414 g/mol. The van der Waals surface area contributed by atoms with Gasteiger partial charge in [0.2, 0.25) is 5.82 Å². The number of nitrogens with one attached hydrogen (secondary N) is 1. The number of aryl methyl sites for hydroxylation is 2. The largest absolute Gasteiger partial charge is 0.494 e. The van der Waals surface area contributed by atoms with Crippen LogP contribution >= 0.6 is 0 Å². The highest BCUT2D eigenvalue weighted by molar-refractivity contribution is 5.86. The normalized spacial score (nSPS) is 11.2. The van der Waals surface area contributed by atoms with Gasteiger partial charge in [-0.25, -0.2) is 0 Å². The molecule has 1 N–H and O–H groups in total. The summed E-state index contributed by atoms with van der Waals surface area (Å²) in [5, 5.41) is 15.3. The molecule has 0 aliphatic rings. The molecule has 0 fully saturated rings. The van der Waals surface area contributed by atoms with Gasteiger partial charge in [-0.2, -0.15) is 5.21 Å². The average molecular weight is 448 g/mol. The van der Waals surface area contributed by atoms with Gasteiger partial charge in [-0.1, -0.05) is 26.7 Å². The second-order valence-corrected chi connectivity index (χ2v) is 8.25. The Balaban J connectivity index is 1.26. The summed E-state index contributed by atoms with van der Waals surface area (Å²) in [6.45, 7) is 6.89. The van der Waals surface area contributed by atoms with Gasteiger partial charge in [0.25, 0.3) is 0 Å². The van der Waals surface area contributed by atoms with Crippen LogP contribution < -0.4 is 9.47 Å². The number of fused-ring (bicyclic) bond motifs is 1. The summed E-state index contributed by atoms with van der Waals surface area (Å²) in [5.74, 6) is 2.44. The van der Waals surface area contributed by atoms with Crippen LogP contribution in [0.4, 0.5) is 0 Å². The van der Waals surface area contributed by atoms with Gasteiger partial charge in [0.15, 0.2) is 0 Å². The first-order chi connectivity index (χ1) is 16.3. The number of nitrogens with zero attached hydrogens (tertiary/aromatic N) is 4. The van der Waals surface area contributed by atoms with Crippen molar-refractivity contribution in [2.24, 2.45) is 0 Å². The highest BCUT2D eigenvalue weighted by Gasteiger charge is 2.11. The third kappa shape index (κ3) is 5.72. The third-order valence-electron chi connectivity index (χ3n) is 5.80. The van der Waals surface area contributed by atoms with Gasteiger partial charge in [0, 0.05) is 34.8 Å². The Kier molecular flexibility index (Phi) is 7.95. The molecule has 0 amide bonds. The summed E-state index contributed by atoms with van der Waals surface area (Å²) in [5.41, 5.74) is 3.56. The van der Waals surface area contributed by atoms with Crippen molar-refractivity contribution in [3.63, 3.8) is 0 Å². The van der Waals surface area contributed by atoms with E-state index in [0.717, 1.165) is 49.3 Å². The van der Waals surface area contributed by atoms with Crippen LogP contribution in [-0.4, -0.2) is 38.4 Å². The van der Waals surface area contributed by atoms with E-state index in [-0.39, 0.29) is 0 Å². The SMILES string of the molecule is CCCCn1ccc2c(CCC)c(OCCCCOc3ccc(-c4nn[nH]n4)cc3)ccc21. The van der Waals surface area contributed by atoms with Crippen molar-refractivity contribution in [3.8, 4) is 22.9 Å². The number of aromatic nitrogens is 5. The van der Waals surface area contributed by atoms with Crippen LogP contribution in [0.2, 0.25) is 0 Å². The predicted molar refractivity (Wildman–Crippen MR) is 131 cm³/mol. The third-order valence-corrected chi connectivity index (χ3v) is 5.80. The zero-order chi connectivity index (χ0) is 22.9. The van der Waals surface area contributed by atoms with E-state index >= 15 is 0 Å². The molecule has 0 aliphatic carbocycles. The van der Waals surface area contributed by atoms with E-state index in [4.69, 9.17) is 9.47 Å². The molecule has 0 aliphatic heterocycles. The minimum absolute atomic E-state index is 0.580. The molecule has 4 rings (SSSR count). The molecule has 7 nitrogen and oxygen atoms in total. The molecule has 7 heteroatoms. The first-order valence-electron chi connectivity index (χ1n) is 12.0. The zero-order valence-electron chi connectivity index (χ0n) is 19.6. The van der Waals surface area contributed by atoms with E-state index in [0.29, 0.717) is 19.0 Å². The van der Waals surface area contributed by atoms with Crippen LogP contribution in [0, 0.1) is 0 Å². The Morgan fingerprint density at radius 1 is 0.879 bits per heavy atom. The second-order valence-electron chi connectivity index (χ2n) is 8.25. The fourth-order valence-electron chi connectivity index (χ4n) is 4.04. The number of benzene rings is 2. The lowest BCUT2D eigenvalue weighted by atomic mass is 10.0. The molecule has 2 aromatic carbocycles. The minimum Gasteiger partial charge on any atom is -0.494 e. The summed E-state index contributed by atoms with van der Waals surface area (Å²) in [4.78, 5) is 0. The van der Waals surface area contributed by atoms with Crippen molar-refractivity contribution >= 4 is 10.9 Å². The highest BCUT2D eigenvalue weighted by atomic mass is 16.5. The maximum atomic E-state index is 6.21. The van der Waals surface area contributed by atoms with Gasteiger partial charge >= 0.3 is 0 Å². The average Bonchev–Trinajstić information content (AvgIpc) is 3.52. The first-order valence-corrected chi connectivity index (χ1v) is 12.0. The van der Waals surface area contributed by atoms with Crippen LogP contribution in [0.3, 0.4) is 0 Å². The molecule has 174 valence electrons. The number of unbranched alkanes of at least 4 members (excludes halogenated alkanes) is 2. The number of ether oxygens (including phenoxy) is 2. The smallest absolute Gasteiger partial charge is 0.204 e. The fraction of sp³-hybridized carbons (Fsp3) is 0.423. The predicted octanol–water partition coefficient (Wildman–Crippen LogP) is 5.81. The number of H-pyrrole nitrogens is 1. The van der Waals surface area contributed by atoms with Crippen LogP contribution in [0.25, 0.3) is 22.3 Å². The van der Waals surface area contributed by atoms with Gasteiger partial charge in [0.05, 0.1) is 13.2 Å². The minimum atomic E-state index is 0.580. The lowest BCUT2D eigenvalue weighted by Crippen LogP contribution is -2.04. The summed E-state index contributed by atoms with van der Waals surface area (Å²) >= 11 is 0. The number of hydrogen-bond acceptors (Lipinski definition) is 5. The van der Waals surface area contributed by atoms with Gasteiger partial charge in [-0.15, -0.1) is 10.2 Å². The van der Waals surface area contributed by atoms with E-state index in [1.165, 1.54) is 29.3 Å². The monoisotopic (exact) mass is 447 g/mol. The van der Waals surface area contributed by atoms with Gasteiger partial charge < -0.3 is 14.0 Å². The number of tetrazole rings is 1. The van der Waals surface area contributed by atoms with Crippen LogP contribution in [0.5, 0.6) is 11.5 Å². The molecule has 0 unspecified atom stereocenters. The maximum absolute atomic E-state index is 6.21. The lowest BCUT2D eigenvalue weighted by molar-refractivity contribution is 0.265. The number of rotatable bonds is 13. The van der Waals surface area contributed by atoms with E-state index in [1.807, 2.05) is 24.3 Å². The van der Waals surface area contributed by atoms with E-state index in [2.05, 4.69) is 63.4 Å². The maximum Gasteiger partial charge on any atom is 0.204 e. The lowest BCUT2D eigenvalue weighted by Gasteiger charge is -2.14. The number of aromatic amines is 1. The first kappa shape index (κ1) is 22.8. The molecule has 2 heterocycles. The molecule has 0 bridgehead atoms. The molecule has 0 saturated heterocycles. The molecule has 4 aromatic rings. The Bertz CT molecular complexity index is 1120. The fourth-order valence-corrected chi connectivity index (χ4v) is 4.04. The Morgan fingerprint density at radius 2 is 1.70 bits per heavy atom. The molecule has 0 spiro atoms. The Labute approximate surface area is 195 Å². The highest BCUT2D eigenvalue weighted by Crippen LogP contribution is 2.30. The summed E-state index contributed by atoms with van der Waals surface area (Å²) in [7, 11) is 0. The standard InChI is InChI=1S/C26H33N5O2/c1-3-5-16-31-17-15-22-23(8-4-2)25(14-13-24(22)31)33-19-7-6-18-32-21-11-9-20(10-12-21)26-27-29-30-28-26/h9-15,17H,3-8,16,18-19H2,1-2H3,(H,27,28,29,30). The summed E-state index contributed by atoms with van der Waals surface area (Å²) in [6, 6.07) is 14.3. The zero-order valence-corrected chi connectivity index (χ0v) is 19.6. The summed E-state index contributed by atoms with van der Waals surface area (Å²) in [6.07, 6.45) is 8.65. The van der Waals surface area contributed by atoms with E-state index in [1.54, 1.807) is 0 Å². The molecule has 2 aromatic heterocycles. The topological polar surface area (TPSA) is 77.9 Å². The summed E-state index contributed by atoms with van der Waals surface area (Å²) < 4.78 is 14.4. The van der Waals surface area contributed by atoms with Crippen molar-refractivity contribution < 1.29 is 9.47 Å². The van der Waals surface area contributed by atoms with Gasteiger partial charge in [-0.05, 0) is 73.4 Å². The molecule has 0 radical (unpaired) electrons. The van der Waals surface area contributed by atoms with Crippen molar-refractivity contribution in [3.05, 3.63) is 54.2 Å². The molecule has 33 heavy (non-hydrogen) atoms. The second kappa shape index (κ2) is 11.5. The Morgan fingerprint density at radius 3 is 2.42 bits per heavy atom. The molecular formula is C26H33N5O2. The van der Waals surface area contributed by atoms with Gasteiger partial charge in [0.1, 0.15) is 11.5 Å². The van der Waals surface area contributed by atoms with Crippen LogP contribution in [0.15, 0.2) is 48.7 Å². The van der Waals surface area contributed by atoms with Crippen LogP contribution in [0.1, 0.15) is 51.5 Å². The van der Waals surface area contributed by atoms with Crippen molar-refractivity contribution in [1.82, 2.24) is 25.2 Å². The van der Waals surface area contributed by atoms with Gasteiger partial charge in [-0.3, -0.25) is 0 Å². The quantitative estimate of drug-likeness (QED) is 0.262.